The van der Waals surface area contributed by atoms with Gasteiger partial charge < -0.3 is 23.8 Å². The van der Waals surface area contributed by atoms with E-state index in [-0.39, 0.29) is 73.0 Å². The Morgan fingerprint density at radius 2 is 1.53 bits per heavy atom. The number of benzene rings is 2. The van der Waals surface area contributed by atoms with Crippen LogP contribution in [-0.4, -0.2) is 116 Å². The molecule has 0 radical (unpaired) electrons. The monoisotopic (exact) mass is 727 g/mol. The molecule has 1 aromatic heterocycles. The number of amides is 1. The number of ether oxygens (including phenoxy) is 4. The molecule has 3 saturated heterocycles. The summed E-state index contributed by atoms with van der Waals surface area (Å²) in [4.78, 5) is 28.7. The highest BCUT2D eigenvalue weighted by atomic mass is 35.5. The van der Waals surface area contributed by atoms with E-state index in [1.54, 1.807) is 0 Å². The summed E-state index contributed by atoms with van der Waals surface area (Å²) in [5, 5.41) is 0. The van der Waals surface area contributed by atoms with Crippen molar-refractivity contribution in [3.63, 3.8) is 0 Å². The van der Waals surface area contributed by atoms with Crippen LogP contribution in [0.2, 0.25) is 0 Å². The molecule has 2 atom stereocenters. The number of nitrogens with zero attached hydrogens (tertiary/aromatic N) is 5. The molecule has 1 amide bonds. The van der Waals surface area contributed by atoms with Crippen LogP contribution >= 0.6 is 24.8 Å². The first-order valence-electron chi connectivity index (χ1n) is 15.7. The first kappa shape index (κ1) is 38.4. The fraction of sp³-hybridized carbons (Fsp3) is 0.500. The molecule has 0 N–H and O–H groups in total. The van der Waals surface area contributed by atoms with E-state index >= 15 is 0 Å². The van der Waals surface area contributed by atoms with Gasteiger partial charge in [-0.3, -0.25) is 14.6 Å². The number of hydrogen-bond acceptors (Lipinski definition) is 9. The number of aromatic nitrogens is 2. The van der Waals surface area contributed by atoms with E-state index in [4.69, 9.17) is 18.9 Å². The molecule has 15 heteroatoms. The SMILES string of the molecule is COc1nc(OC)c(CN2C[C@@H]3CN(C(=O)C4(C)COC4)CCN3[C@H](C(c3ccccc3)c3ccccc3)C2)c(OCC(F)(F)F)n1.Cl.Cl. The standard InChI is InChI=1S/C34H40F3N5O5.2ClH/c1-33(20-46-21-33)31(43)41-14-15-42-25(17-41)16-40(18-26-29(44-2)38-32(45-3)39-30(26)47-22-34(35,36)37)19-27(42)28(23-10-6-4-7-11-23)24-12-8-5-9-13-24;;/h4-13,25,27-28H,14-22H2,1-3H3;2*1H/t25-,27+;;/m1../s1. The molecule has 49 heavy (non-hydrogen) atoms. The minimum absolute atomic E-state index is 0. The quantitative estimate of drug-likeness (QED) is 0.291. The van der Waals surface area contributed by atoms with Crippen molar-refractivity contribution in [3.05, 3.63) is 77.4 Å². The maximum atomic E-state index is 13.6. The van der Waals surface area contributed by atoms with Crippen molar-refractivity contribution in [1.82, 2.24) is 24.7 Å². The van der Waals surface area contributed by atoms with Crippen LogP contribution < -0.4 is 14.2 Å². The fourth-order valence-corrected chi connectivity index (χ4v) is 7.01. The summed E-state index contributed by atoms with van der Waals surface area (Å²) < 4.78 is 61.1. The number of fused-ring (bicyclic) bond motifs is 1. The second kappa shape index (κ2) is 16.1. The number of piperazine rings is 2. The zero-order valence-electron chi connectivity index (χ0n) is 27.6. The summed E-state index contributed by atoms with van der Waals surface area (Å²) in [5.41, 5.74) is 2.08. The van der Waals surface area contributed by atoms with E-state index in [0.717, 1.165) is 11.1 Å². The van der Waals surface area contributed by atoms with Gasteiger partial charge in [0.25, 0.3) is 0 Å². The zero-order valence-corrected chi connectivity index (χ0v) is 29.2. The Bertz CT molecular complexity index is 1500. The van der Waals surface area contributed by atoms with Gasteiger partial charge in [0.2, 0.25) is 17.7 Å². The van der Waals surface area contributed by atoms with Crippen LogP contribution in [0.5, 0.6) is 17.8 Å². The lowest BCUT2D eigenvalue weighted by Crippen LogP contribution is -2.68. The number of alkyl halides is 3. The summed E-state index contributed by atoms with van der Waals surface area (Å²) in [6.45, 7) is 4.36. The number of hydrogen-bond donors (Lipinski definition) is 0. The lowest BCUT2D eigenvalue weighted by molar-refractivity contribution is -0.173. The Hall–Kier alpha value is -3.36. The minimum atomic E-state index is -4.57. The van der Waals surface area contributed by atoms with Crippen LogP contribution in [0.3, 0.4) is 0 Å². The first-order valence-corrected chi connectivity index (χ1v) is 15.7. The number of halogens is 5. The second-order valence-electron chi connectivity index (χ2n) is 12.7. The largest absolute Gasteiger partial charge is 0.481 e. The van der Waals surface area contributed by atoms with E-state index < -0.39 is 18.2 Å². The van der Waals surface area contributed by atoms with E-state index in [2.05, 4.69) is 44.0 Å². The maximum Gasteiger partial charge on any atom is 0.422 e. The van der Waals surface area contributed by atoms with Gasteiger partial charge in [-0.15, -0.1) is 24.8 Å². The van der Waals surface area contributed by atoms with E-state index in [9.17, 15) is 18.0 Å². The fourth-order valence-electron chi connectivity index (χ4n) is 7.01. The van der Waals surface area contributed by atoms with Crippen LogP contribution in [-0.2, 0) is 16.1 Å². The van der Waals surface area contributed by atoms with E-state index in [0.29, 0.717) is 51.5 Å². The Kier molecular flexibility index (Phi) is 12.6. The molecule has 4 heterocycles. The molecule has 6 rings (SSSR count). The molecule has 0 bridgehead atoms. The minimum Gasteiger partial charge on any atom is -0.481 e. The molecule has 3 fully saturated rings. The van der Waals surface area contributed by atoms with E-state index in [1.165, 1.54) is 14.2 Å². The highest BCUT2D eigenvalue weighted by molar-refractivity contribution is 5.85. The Morgan fingerprint density at radius 3 is 2.06 bits per heavy atom. The molecule has 2 aromatic carbocycles. The van der Waals surface area contributed by atoms with Crippen LogP contribution in [0.25, 0.3) is 0 Å². The smallest absolute Gasteiger partial charge is 0.422 e. The van der Waals surface area contributed by atoms with Crippen molar-refractivity contribution in [1.29, 1.82) is 0 Å². The van der Waals surface area contributed by atoms with Crippen LogP contribution in [0.1, 0.15) is 29.5 Å². The van der Waals surface area contributed by atoms with Crippen LogP contribution in [0.4, 0.5) is 13.2 Å². The molecule has 3 aliphatic heterocycles. The molecule has 0 aliphatic carbocycles. The van der Waals surface area contributed by atoms with Gasteiger partial charge in [0.05, 0.1) is 38.4 Å². The third kappa shape index (κ3) is 8.51. The van der Waals surface area contributed by atoms with Crippen LogP contribution in [0.15, 0.2) is 60.7 Å². The van der Waals surface area contributed by atoms with Crippen molar-refractivity contribution >= 4 is 30.7 Å². The predicted octanol–water partition coefficient (Wildman–Crippen LogP) is 4.84. The van der Waals surface area contributed by atoms with Crippen LogP contribution in [0, 0.1) is 5.41 Å². The molecule has 0 saturated carbocycles. The summed E-state index contributed by atoms with van der Waals surface area (Å²) in [6, 6.07) is 20.4. The van der Waals surface area contributed by atoms with Crippen molar-refractivity contribution < 1.29 is 36.9 Å². The van der Waals surface area contributed by atoms with Gasteiger partial charge in [-0.25, -0.2) is 0 Å². The molecule has 3 aliphatic rings. The zero-order chi connectivity index (χ0) is 33.2. The normalized spacial score (nSPS) is 20.7. The Morgan fingerprint density at radius 1 is 0.918 bits per heavy atom. The number of carbonyl (C=O) groups is 1. The number of carbonyl (C=O) groups excluding carboxylic acids is 1. The molecule has 3 aromatic rings. The Balaban J connectivity index is 0.00000270. The van der Waals surface area contributed by atoms with Crippen molar-refractivity contribution in [2.75, 3.05) is 66.8 Å². The first-order chi connectivity index (χ1) is 22.6. The van der Waals surface area contributed by atoms with Gasteiger partial charge >= 0.3 is 12.2 Å². The van der Waals surface area contributed by atoms with Gasteiger partial charge in [-0.1, -0.05) is 60.7 Å². The lowest BCUT2D eigenvalue weighted by atomic mass is 9.81. The molecular formula is C34H42Cl2F3N5O5. The second-order valence-corrected chi connectivity index (χ2v) is 12.7. The van der Waals surface area contributed by atoms with Crippen molar-refractivity contribution in [2.24, 2.45) is 5.41 Å². The molecule has 10 nitrogen and oxygen atoms in total. The summed E-state index contributed by atoms with van der Waals surface area (Å²) in [5.74, 6) is -0.0923. The third-order valence-electron chi connectivity index (χ3n) is 9.26. The number of rotatable bonds is 10. The van der Waals surface area contributed by atoms with Crippen molar-refractivity contribution in [2.45, 2.75) is 37.6 Å². The Labute approximate surface area is 296 Å². The highest BCUT2D eigenvalue weighted by Gasteiger charge is 2.48. The van der Waals surface area contributed by atoms with Gasteiger partial charge in [0, 0.05) is 57.3 Å². The average molecular weight is 729 g/mol. The highest BCUT2D eigenvalue weighted by Crippen LogP contribution is 2.39. The number of methoxy groups -OCH3 is 2. The topological polar surface area (TPSA) is 89.5 Å². The van der Waals surface area contributed by atoms with Gasteiger partial charge in [-0.05, 0) is 18.1 Å². The van der Waals surface area contributed by atoms with Gasteiger partial charge in [-0.2, -0.15) is 23.1 Å². The third-order valence-corrected chi connectivity index (χ3v) is 9.26. The van der Waals surface area contributed by atoms with Gasteiger partial charge in [0.1, 0.15) is 0 Å². The summed E-state index contributed by atoms with van der Waals surface area (Å²) in [7, 11) is 2.72. The maximum absolute atomic E-state index is 13.6. The summed E-state index contributed by atoms with van der Waals surface area (Å²) in [6.07, 6.45) is -4.57. The average Bonchev–Trinajstić information content (AvgIpc) is 3.06. The predicted molar refractivity (Wildman–Crippen MR) is 181 cm³/mol. The van der Waals surface area contributed by atoms with Crippen molar-refractivity contribution in [3.8, 4) is 17.8 Å². The van der Waals surface area contributed by atoms with E-state index in [1.807, 2.05) is 48.2 Å². The molecule has 0 unspecified atom stereocenters. The molecular weight excluding hydrogens is 686 g/mol. The molecule has 268 valence electrons. The van der Waals surface area contributed by atoms with Gasteiger partial charge in [0.15, 0.2) is 6.61 Å². The molecule has 0 spiro atoms. The summed E-state index contributed by atoms with van der Waals surface area (Å²) >= 11 is 0. The lowest BCUT2D eigenvalue weighted by Gasteiger charge is -2.54.